The van der Waals surface area contributed by atoms with E-state index < -0.39 is 24.3 Å². The number of rotatable bonds is 7. The molecule has 0 atom stereocenters. The lowest BCUT2D eigenvalue weighted by Crippen LogP contribution is -2.38. The first-order valence-electron chi connectivity index (χ1n) is 6.56. The third-order valence-corrected chi connectivity index (χ3v) is 2.92. The molecule has 0 aliphatic rings. The molecule has 0 fully saturated rings. The number of carbonyl (C=O) groups is 3. The highest BCUT2D eigenvalue weighted by atomic mass is 35.5. The first kappa shape index (κ1) is 17.9. The van der Waals surface area contributed by atoms with Crippen molar-refractivity contribution in [3.05, 3.63) is 34.6 Å². The number of likely N-dealkylation sites (N-methyl/N-ethyl adjacent to an activating group) is 1. The SMILES string of the molecule is CCNC(=O)CNC(=O)COC(=O)Cc1c(F)cccc1Cl. The fraction of sp³-hybridized carbons (Fsp3) is 0.357. The summed E-state index contributed by atoms with van der Waals surface area (Å²) in [7, 11) is 0. The third-order valence-electron chi connectivity index (χ3n) is 2.57. The van der Waals surface area contributed by atoms with Crippen molar-refractivity contribution in [1.29, 1.82) is 0 Å². The molecule has 2 amide bonds. The van der Waals surface area contributed by atoms with Crippen LogP contribution in [0.2, 0.25) is 5.02 Å². The lowest BCUT2D eigenvalue weighted by atomic mass is 10.1. The number of benzene rings is 1. The molecule has 0 aliphatic carbocycles. The summed E-state index contributed by atoms with van der Waals surface area (Å²) in [6.45, 7) is 1.44. The Morgan fingerprint density at radius 3 is 2.59 bits per heavy atom. The molecule has 0 aromatic heterocycles. The van der Waals surface area contributed by atoms with Crippen LogP contribution in [0, 0.1) is 5.82 Å². The number of hydrogen-bond donors (Lipinski definition) is 2. The summed E-state index contributed by atoms with van der Waals surface area (Å²) >= 11 is 5.78. The molecule has 0 unspecified atom stereocenters. The van der Waals surface area contributed by atoms with E-state index in [-0.39, 0.29) is 29.5 Å². The Balaban J connectivity index is 2.37. The summed E-state index contributed by atoms with van der Waals surface area (Å²) < 4.78 is 18.2. The Morgan fingerprint density at radius 1 is 1.23 bits per heavy atom. The van der Waals surface area contributed by atoms with Crippen LogP contribution in [0.15, 0.2) is 18.2 Å². The van der Waals surface area contributed by atoms with E-state index in [0.717, 1.165) is 0 Å². The minimum Gasteiger partial charge on any atom is -0.455 e. The van der Waals surface area contributed by atoms with Crippen LogP contribution in [0.5, 0.6) is 0 Å². The maximum Gasteiger partial charge on any atom is 0.310 e. The fourth-order valence-electron chi connectivity index (χ4n) is 1.53. The molecule has 8 heteroatoms. The van der Waals surface area contributed by atoms with Gasteiger partial charge in [-0.15, -0.1) is 0 Å². The van der Waals surface area contributed by atoms with Crippen LogP contribution in [-0.2, 0) is 25.5 Å². The predicted octanol–water partition coefficient (Wildman–Crippen LogP) is 0.817. The van der Waals surface area contributed by atoms with E-state index in [9.17, 15) is 18.8 Å². The smallest absolute Gasteiger partial charge is 0.310 e. The molecular weight excluding hydrogens is 315 g/mol. The van der Waals surface area contributed by atoms with E-state index in [0.29, 0.717) is 6.54 Å². The Bertz CT molecular complexity index is 546. The van der Waals surface area contributed by atoms with Crippen molar-refractivity contribution >= 4 is 29.4 Å². The molecule has 6 nitrogen and oxygen atoms in total. The van der Waals surface area contributed by atoms with Gasteiger partial charge in [-0.05, 0) is 19.1 Å². The molecule has 1 aromatic rings. The number of nitrogens with one attached hydrogen (secondary N) is 2. The Morgan fingerprint density at radius 2 is 1.95 bits per heavy atom. The molecule has 2 N–H and O–H groups in total. The first-order valence-corrected chi connectivity index (χ1v) is 6.93. The average Bonchev–Trinajstić information content (AvgIpc) is 2.47. The molecule has 1 aromatic carbocycles. The molecule has 1 rings (SSSR count). The summed E-state index contributed by atoms with van der Waals surface area (Å²) in [4.78, 5) is 34.0. The van der Waals surface area contributed by atoms with Gasteiger partial charge in [0, 0.05) is 17.1 Å². The highest BCUT2D eigenvalue weighted by molar-refractivity contribution is 6.31. The quantitative estimate of drug-likeness (QED) is 0.725. The second kappa shape index (κ2) is 8.99. The van der Waals surface area contributed by atoms with Gasteiger partial charge in [-0.25, -0.2) is 4.39 Å². The van der Waals surface area contributed by atoms with Gasteiger partial charge in [-0.1, -0.05) is 17.7 Å². The highest BCUT2D eigenvalue weighted by Crippen LogP contribution is 2.19. The fourth-order valence-corrected chi connectivity index (χ4v) is 1.76. The molecule has 0 spiro atoms. The lowest BCUT2D eigenvalue weighted by Gasteiger charge is -2.08. The van der Waals surface area contributed by atoms with E-state index >= 15 is 0 Å². The molecule has 0 bridgehead atoms. The van der Waals surface area contributed by atoms with Gasteiger partial charge in [-0.3, -0.25) is 14.4 Å². The van der Waals surface area contributed by atoms with Crippen molar-refractivity contribution in [3.8, 4) is 0 Å². The van der Waals surface area contributed by atoms with Crippen LogP contribution in [0.3, 0.4) is 0 Å². The predicted molar refractivity (Wildman–Crippen MR) is 77.8 cm³/mol. The van der Waals surface area contributed by atoms with Gasteiger partial charge in [0.05, 0.1) is 13.0 Å². The van der Waals surface area contributed by atoms with E-state index in [1.807, 2.05) is 0 Å². The Hall–Kier alpha value is -2.15. The molecule has 0 saturated carbocycles. The van der Waals surface area contributed by atoms with Crippen molar-refractivity contribution in [3.63, 3.8) is 0 Å². The van der Waals surface area contributed by atoms with Crippen molar-refractivity contribution in [2.24, 2.45) is 0 Å². The largest absolute Gasteiger partial charge is 0.455 e. The van der Waals surface area contributed by atoms with Crippen LogP contribution < -0.4 is 10.6 Å². The minimum absolute atomic E-state index is 0.0110. The van der Waals surface area contributed by atoms with Gasteiger partial charge in [0.2, 0.25) is 5.91 Å². The van der Waals surface area contributed by atoms with Gasteiger partial charge in [0.25, 0.3) is 5.91 Å². The van der Waals surface area contributed by atoms with Crippen LogP contribution in [0.4, 0.5) is 4.39 Å². The molecule has 0 saturated heterocycles. The minimum atomic E-state index is -0.792. The number of amides is 2. The zero-order valence-corrected chi connectivity index (χ0v) is 12.7. The summed E-state index contributed by atoms with van der Waals surface area (Å²) in [5.74, 6) is -2.38. The van der Waals surface area contributed by atoms with Crippen LogP contribution in [0.25, 0.3) is 0 Å². The number of halogens is 2. The summed E-state index contributed by atoms with van der Waals surface area (Å²) in [6.07, 6.45) is -0.380. The van der Waals surface area contributed by atoms with E-state index in [4.69, 9.17) is 16.3 Å². The van der Waals surface area contributed by atoms with Gasteiger partial charge in [0.1, 0.15) is 5.82 Å². The topological polar surface area (TPSA) is 84.5 Å². The van der Waals surface area contributed by atoms with Crippen molar-refractivity contribution in [2.75, 3.05) is 19.7 Å². The second-order valence-corrected chi connectivity index (χ2v) is 4.68. The van der Waals surface area contributed by atoms with Gasteiger partial charge in [-0.2, -0.15) is 0 Å². The average molecular weight is 331 g/mol. The number of hydrogen-bond acceptors (Lipinski definition) is 4. The number of carbonyl (C=O) groups excluding carboxylic acids is 3. The molecule has 120 valence electrons. The van der Waals surface area contributed by atoms with Gasteiger partial charge in [0.15, 0.2) is 6.61 Å². The Labute approximate surface area is 132 Å². The van der Waals surface area contributed by atoms with E-state index in [1.54, 1.807) is 6.92 Å². The third kappa shape index (κ3) is 6.09. The molecule has 0 aliphatic heterocycles. The molecular formula is C14H16ClFN2O4. The van der Waals surface area contributed by atoms with E-state index in [2.05, 4.69) is 10.6 Å². The zero-order valence-electron chi connectivity index (χ0n) is 11.9. The lowest BCUT2D eigenvalue weighted by molar-refractivity contribution is -0.148. The van der Waals surface area contributed by atoms with Crippen molar-refractivity contribution < 1.29 is 23.5 Å². The van der Waals surface area contributed by atoms with Crippen LogP contribution >= 0.6 is 11.6 Å². The number of esters is 1. The summed E-state index contributed by atoms with van der Waals surface area (Å²) in [6, 6.07) is 4.04. The maximum absolute atomic E-state index is 13.5. The standard InChI is InChI=1S/C14H16ClFN2O4/c1-2-17-12(19)7-18-13(20)8-22-14(21)6-9-10(15)4-3-5-11(9)16/h3-5H,2,6-8H2,1H3,(H,17,19)(H,18,20). The molecule has 0 radical (unpaired) electrons. The van der Waals surface area contributed by atoms with Crippen molar-refractivity contribution in [1.82, 2.24) is 10.6 Å². The van der Waals surface area contributed by atoms with Gasteiger partial charge >= 0.3 is 5.97 Å². The van der Waals surface area contributed by atoms with Gasteiger partial charge < -0.3 is 15.4 Å². The highest BCUT2D eigenvalue weighted by Gasteiger charge is 2.14. The maximum atomic E-state index is 13.5. The summed E-state index contributed by atoms with van der Waals surface area (Å²) in [5.41, 5.74) is 0.0110. The zero-order chi connectivity index (χ0) is 16.5. The second-order valence-electron chi connectivity index (χ2n) is 4.27. The van der Waals surface area contributed by atoms with Crippen LogP contribution in [-0.4, -0.2) is 37.5 Å². The number of ether oxygens (including phenoxy) is 1. The normalized spacial score (nSPS) is 9.95. The molecule has 22 heavy (non-hydrogen) atoms. The van der Waals surface area contributed by atoms with Crippen LogP contribution in [0.1, 0.15) is 12.5 Å². The summed E-state index contributed by atoms with van der Waals surface area (Å²) in [5, 5.41) is 4.88. The first-order chi connectivity index (χ1) is 10.4. The van der Waals surface area contributed by atoms with E-state index in [1.165, 1.54) is 18.2 Å². The van der Waals surface area contributed by atoms with Crippen molar-refractivity contribution in [2.45, 2.75) is 13.3 Å². The monoisotopic (exact) mass is 330 g/mol. The Kier molecular flexibility index (Phi) is 7.31. The molecule has 0 heterocycles.